The second-order valence-corrected chi connectivity index (χ2v) is 6.83. The standard InChI is InChI=1S/C22H17N7O/c30-21(13-15-5-11-18(12-6-15)29-14-23-27-28-29)24-17-9-7-16(8-10-17)22-25-19-3-1-2-4-20(19)26-22/h1-12,14H,13H2,(H,24,30)(H,25,26). The molecule has 0 saturated carbocycles. The molecule has 8 heteroatoms. The van der Waals surface area contributed by atoms with Gasteiger partial charge in [-0.3, -0.25) is 4.79 Å². The molecule has 30 heavy (non-hydrogen) atoms. The van der Waals surface area contributed by atoms with Crippen molar-refractivity contribution in [2.24, 2.45) is 0 Å². The van der Waals surface area contributed by atoms with E-state index in [0.29, 0.717) is 0 Å². The van der Waals surface area contributed by atoms with Gasteiger partial charge >= 0.3 is 0 Å². The summed E-state index contributed by atoms with van der Waals surface area (Å²) in [5, 5.41) is 14.0. The van der Waals surface area contributed by atoms with E-state index in [9.17, 15) is 4.79 Å². The second kappa shape index (κ2) is 7.59. The number of anilines is 1. The van der Waals surface area contributed by atoms with Gasteiger partial charge in [-0.2, -0.15) is 0 Å². The first-order valence-corrected chi connectivity index (χ1v) is 9.42. The van der Waals surface area contributed by atoms with E-state index in [1.54, 1.807) is 4.68 Å². The zero-order valence-corrected chi connectivity index (χ0v) is 15.9. The molecule has 0 saturated heterocycles. The van der Waals surface area contributed by atoms with Crippen molar-refractivity contribution in [2.45, 2.75) is 6.42 Å². The highest BCUT2D eigenvalue weighted by atomic mass is 16.1. The molecule has 0 aliphatic carbocycles. The van der Waals surface area contributed by atoms with Crippen LogP contribution in [-0.4, -0.2) is 36.1 Å². The lowest BCUT2D eigenvalue weighted by Gasteiger charge is -2.07. The summed E-state index contributed by atoms with van der Waals surface area (Å²) in [6.45, 7) is 0. The molecule has 2 aromatic heterocycles. The summed E-state index contributed by atoms with van der Waals surface area (Å²) in [7, 11) is 0. The van der Waals surface area contributed by atoms with E-state index in [2.05, 4.69) is 30.8 Å². The highest BCUT2D eigenvalue weighted by Gasteiger charge is 2.08. The molecule has 0 fully saturated rings. The van der Waals surface area contributed by atoms with Crippen LogP contribution in [0.1, 0.15) is 5.56 Å². The quantitative estimate of drug-likeness (QED) is 0.475. The van der Waals surface area contributed by atoms with Crippen molar-refractivity contribution in [3.63, 3.8) is 0 Å². The Bertz CT molecular complexity index is 1260. The number of carbonyl (C=O) groups is 1. The number of nitrogens with one attached hydrogen (secondary N) is 2. The van der Waals surface area contributed by atoms with Gasteiger partial charge in [-0.15, -0.1) is 5.10 Å². The van der Waals surface area contributed by atoms with Crippen molar-refractivity contribution in [1.82, 2.24) is 30.2 Å². The average molecular weight is 395 g/mol. The van der Waals surface area contributed by atoms with Crippen LogP contribution in [0.2, 0.25) is 0 Å². The van der Waals surface area contributed by atoms with Gasteiger partial charge in [-0.25, -0.2) is 9.67 Å². The van der Waals surface area contributed by atoms with Gasteiger partial charge in [0.15, 0.2) is 0 Å². The number of rotatable bonds is 5. The Morgan fingerprint density at radius 1 is 0.967 bits per heavy atom. The number of amides is 1. The number of tetrazole rings is 1. The summed E-state index contributed by atoms with van der Waals surface area (Å²) >= 11 is 0. The molecule has 0 spiro atoms. The van der Waals surface area contributed by atoms with Crippen LogP contribution < -0.4 is 5.32 Å². The second-order valence-electron chi connectivity index (χ2n) is 6.83. The van der Waals surface area contributed by atoms with Gasteiger partial charge in [0.2, 0.25) is 5.91 Å². The summed E-state index contributed by atoms with van der Waals surface area (Å²) < 4.78 is 1.56. The highest BCUT2D eigenvalue weighted by Crippen LogP contribution is 2.22. The van der Waals surface area contributed by atoms with Crippen molar-refractivity contribution in [3.8, 4) is 17.1 Å². The number of hydrogen-bond acceptors (Lipinski definition) is 5. The predicted octanol–water partition coefficient (Wildman–Crippen LogP) is 3.39. The molecule has 0 unspecified atom stereocenters. The summed E-state index contributed by atoms with van der Waals surface area (Å²) in [6.07, 6.45) is 1.80. The van der Waals surface area contributed by atoms with Crippen LogP contribution in [0, 0.1) is 0 Å². The summed E-state index contributed by atoms with van der Waals surface area (Å²) in [4.78, 5) is 20.3. The van der Waals surface area contributed by atoms with E-state index < -0.39 is 0 Å². The smallest absolute Gasteiger partial charge is 0.228 e. The van der Waals surface area contributed by atoms with Crippen LogP contribution >= 0.6 is 0 Å². The number of carbonyl (C=O) groups excluding carboxylic acids is 1. The van der Waals surface area contributed by atoms with Crippen LogP contribution in [0.3, 0.4) is 0 Å². The van der Waals surface area contributed by atoms with E-state index in [-0.39, 0.29) is 12.3 Å². The highest BCUT2D eigenvalue weighted by molar-refractivity contribution is 5.92. The fourth-order valence-corrected chi connectivity index (χ4v) is 3.24. The zero-order valence-electron chi connectivity index (χ0n) is 15.9. The monoisotopic (exact) mass is 395 g/mol. The molecule has 1 amide bonds. The number of imidazole rings is 1. The Labute approximate surface area is 171 Å². The van der Waals surface area contributed by atoms with Gasteiger partial charge in [0.1, 0.15) is 12.2 Å². The third-order valence-electron chi connectivity index (χ3n) is 4.75. The zero-order chi connectivity index (χ0) is 20.3. The molecule has 8 nitrogen and oxygen atoms in total. The number of fused-ring (bicyclic) bond motifs is 1. The first kappa shape index (κ1) is 17.7. The number of para-hydroxylation sites is 2. The maximum atomic E-state index is 12.4. The maximum absolute atomic E-state index is 12.4. The molecule has 5 rings (SSSR count). The van der Waals surface area contributed by atoms with Crippen LogP contribution in [0.4, 0.5) is 5.69 Å². The number of aromatic nitrogens is 6. The van der Waals surface area contributed by atoms with Gasteiger partial charge in [0.05, 0.1) is 23.1 Å². The molecule has 0 radical (unpaired) electrons. The van der Waals surface area contributed by atoms with Gasteiger partial charge in [-0.05, 0) is 64.5 Å². The largest absolute Gasteiger partial charge is 0.338 e. The van der Waals surface area contributed by atoms with E-state index in [4.69, 9.17) is 0 Å². The first-order valence-electron chi connectivity index (χ1n) is 9.42. The topological polar surface area (TPSA) is 101 Å². The van der Waals surface area contributed by atoms with Crippen LogP contribution in [0.5, 0.6) is 0 Å². The number of nitrogens with zero attached hydrogens (tertiary/aromatic N) is 5. The minimum Gasteiger partial charge on any atom is -0.338 e. The Morgan fingerprint density at radius 3 is 2.50 bits per heavy atom. The SMILES string of the molecule is O=C(Cc1ccc(-n2cnnn2)cc1)Nc1ccc(-c2nc3ccccc3[nH]2)cc1. The molecule has 0 aliphatic rings. The molecule has 5 aromatic rings. The lowest BCUT2D eigenvalue weighted by Crippen LogP contribution is -2.14. The van der Waals surface area contributed by atoms with Gasteiger partial charge in [0, 0.05) is 11.3 Å². The third-order valence-corrected chi connectivity index (χ3v) is 4.75. The van der Waals surface area contributed by atoms with Crippen molar-refractivity contribution < 1.29 is 4.79 Å². The van der Waals surface area contributed by atoms with Gasteiger partial charge in [-0.1, -0.05) is 24.3 Å². The van der Waals surface area contributed by atoms with Gasteiger partial charge < -0.3 is 10.3 Å². The van der Waals surface area contributed by atoms with Crippen molar-refractivity contribution in [1.29, 1.82) is 0 Å². The fourth-order valence-electron chi connectivity index (χ4n) is 3.24. The molecule has 3 aromatic carbocycles. The molecule has 0 atom stereocenters. The lowest BCUT2D eigenvalue weighted by molar-refractivity contribution is -0.115. The third kappa shape index (κ3) is 3.66. The van der Waals surface area contributed by atoms with E-state index in [1.165, 1.54) is 6.33 Å². The number of H-pyrrole nitrogens is 1. The Balaban J connectivity index is 1.24. The minimum absolute atomic E-state index is 0.0818. The minimum atomic E-state index is -0.0818. The Hall–Kier alpha value is -4.33. The van der Waals surface area contributed by atoms with Crippen molar-refractivity contribution >= 4 is 22.6 Å². The molecule has 2 heterocycles. The lowest BCUT2D eigenvalue weighted by atomic mass is 10.1. The summed E-state index contributed by atoms with van der Waals surface area (Å²) in [5.41, 5.74) is 5.37. The van der Waals surface area contributed by atoms with Crippen LogP contribution in [0.15, 0.2) is 79.1 Å². The Morgan fingerprint density at radius 2 is 1.77 bits per heavy atom. The van der Waals surface area contributed by atoms with Crippen molar-refractivity contribution in [2.75, 3.05) is 5.32 Å². The fraction of sp³-hybridized carbons (Fsp3) is 0.0455. The predicted molar refractivity (Wildman–Crippen MR) is 113 cm³/mol. The average Bonchev–Trinajstić information content (AvgIpc) is 3.45. The number of aromatic amines is 1. The Kier molecular flexibility index (Phi) is 4.49. The van der Waals surface area contributed by atoms with Crippen LogP contribution in [0.25, 0.3) is 28.1 Å². The molecule has 2 N–H and O–H groups in total. The van der Waals surface area contributed by atoms with Gasteiger partial charge in [0.25, 0.3) is 0 Å². The van der Waals surface area contributed by atoms with E-state index >= 15 is 0 Å². The number of benzene rings is 3. The first-order chi connectivity index (χ1) is 14.7. The molecule has 146 valence electrons. The summed E-state index contributed by atoms with van der Waals surface area (Å²) in [5.74, 6) is 0.721. The molecule has 0 bridgehead atoms. The maximum Gasteiger partial charge on any atom is 0.228 e. The molecular weight excluding hydrogens is 378 g/mol. The normalized spacial score (nSPS) is 10.9. The molecule has 0 aliphatic heterocycles. The van der Waals surface area contributed by atoms with E-state index in [0.717, 1.165) is 39.4 Å². The van der Waals surface area contributed by atoms with Crippen LogP contribution in [-0.2, 0) is 11.2 Å². The van der Waals surface area contributed by atoms with E-state index in [1.807, 2.05) is 72.8 Å². The summed E-state index contributed by atoms with van der Waals surface area (Å²) in [6, 6.07) is 23.1. The molecular formula is C22H17N7O. The van der Waals surface area contributed by atoms with Crippen molar-refractivity contribution in [3.05, 3.63) is 84.7 Å². The number of hydrogen-bond donors (Lipinski definition) is 2.